The molecule has 0 aliphatic carbocycles. The zero-order valence-electron chi connectivity index (χ0n) is 11.8. The number of unbranched alkanes of at least 4 members (excludes halogenated alkanes) is 1. The molecule has 0 aliphatic rings. The molecule has 0 aliphatic heterocycles. The highest BCUT2D eigenvalue weighted by molar-refractivity contribution is 5.84. The quantitative estimate of drug-likeness (QED) is 0.653. The SMILES string of the molecule is CCCCN(CC(N)=O)C(=O)NCc1ccc(C(=O)O)o1. The number of aromatic carboxylic acids is 1. The first-order chi connectivity index (χ1) is 9.93. The summed E-state index contributed by atoms with van der Waals surface area (Å²) < 4.78 is 5.01. The summed E-state index contributed by atoms with van der Waals surface area (Å²) >= 11 is 0. The van der Waals surface area contributed by atoms with Crippen molar-refractivity contribution in [3.05, 3.63) is 23.7 Å². The molecule has 0 radical (unpaired) electrons. The van der Waals surface area contributed by atoms with Crippen molar-refractivity contribution >= 4 is 17.9 Å². The van der Waals surface area contributed by atoms with E-state index in [-0.39, 0.29) is 18.8 Å². The number of carbonyl (C=O) groups is 3. The minimum Gasteiger partial charge on any atom is -0.475 e. The third-order valence-electron chi connectivity index (χ3n) is 2.70. The molecule has 1 rings (SSSR count). The predicted octanol–water partition coefficient (Wildman–Crippen LogP) is 0.775. The van der Waals surface area contributed by atoms with Crippen molar-refractivity contribution < 1.29 is 23.9 Å². The van der Waals surface area contributed by atoms with E-state index in [1.54, 1.807) is 0 Å². The number of furan rings is 1. The lowest BCUT2D eigenvalue weighted by Crippen LogP contribution is -2.44. The molecule has 1 heterocycles. The first-order valence-corrected chi connectivity index (χ1v) is 6.57. The van der Waals surface area contributed by atoms with Gasteiger partial charge in [0.1, 0.15) is 12.3 Å². The number of nitrogens with two attached hydrogens (primary N) is 1. The van der Waals surface area contributed by atoms with Crippen molar-refractivity contribution in [3.8, 4) is 0 Å². The molecule has 116 valence electrons. The average Bonchev–Trinajstić information content (AvgIpc) is 2.89. The third-order valence-corrected chi connectivity index (χ3v) is 2.70. The van der Waals surface area contributed by atoms with Crippen molar-refractivity contribution in [2.45, 2.75) is 26.3 Å². The summed E-state index contributed by atoms with van der Waals surface area (Å²) in [7, 11) is 0. The lowest BCUT2D eigenvalue weighted by Gasteiger charge is -2.21. The summed E-state index contributed by atoms with van der Waals surface area (Å²) in [6.45, 7) is 2.26. The molecule has 8 nitrogen and oxygen atoms in total. The monoisotopic (exact) mass is 297 g/mol. The Bertz CT molecular complexity index is 512. The molecule has 0 saturated heterocycles. The van der Waals surface area contributed by atoms with Gasteiger partial charge in [-0.3, -0.25) is 4.79 Å². The number of carboxylic acid groups (broad SMARTS) is 1. The summed E-state index contributed by atoms with van der Waals surface area (Å²) in [6, 6.07) is 2.33. The van der Waals surface area contributed by atoms with E-state index in [1.807, 2.05) is 6.92 Å². The van der Waals surface area contributed by atoms with Crippen molar-refractivity contribution in [1.82, 2.24) is 10.2 Å². The van der Waals surface area contributed by atoms with E-state index in [1.165, 1.54) is 17.0 Å². The Morgan fingerprint density at radius 1 is 1.38 bits per heavy atom. The van der Waals surface area contributed by atoms with Gasteiger partial charge in [0.2, 0.25) is 11.7 Å². The maximum atomic E-state index is 11.9. The second-order valence-corrected chi connectivity index (χ2v) is 4.47. The third kappa shape index (κ3) is 5.55. The van der Waals surface area contributed by atoms with Gasteiger partial charge in [-0.25, -0.2) is 9.59 Å². The van der Waals surface area contributed by atoms with Crippen LogP contribution < -0.4 is 11.1 Å². The van der Waals surface area contributed by atoms with Gasteiger partial charge in [0, 0.05) is 6.54 Å². The lowest BCUT2D eigenvalue weighted by atomic mass is 10.3. The van der Waals surface area contributed by atoms with Gasteiger partial charge < -0.3 is 25.5 Å². The minimum absolute atomic E-state index is 0.0352. The van der Waals surface area contributed by atoms with Gasteiger partial charge in [-0.2, -0.15) is 0 Å². The Kier molecular flexibility index (Phi) is 6.25. The number of nitrogens with zero attached hydrogens (tertiary/aromatic N) is 1. The fourth-order valence-corrected chi connectivity index (χ4v) is 1.65. The maximum Gasteiger partial charge on any atom is 0.371 e. The van der Waals surface area contributed by atoms with Crippen LogP contribution in [0.1, 0.15) is 36.1 Å². The van der Waals surface area contributed by atoms with Crippen LogP contribution in [0.25, 0.3) is 0 Å². The predicted molar refractivity (Wildman–Crippen MR) is 73.6 cm³/mol. The van der Waals surface area contributed by atoms with E-state index in [2.05, 4.69) is 5.32 Å². The van der Waals surface area contributed by atoms with Gasteiger partial charge in [0.05, 0.1) is 6.54 Å². The summed E-state index contributed by atoms with van der Waals surface area (Å²) in [5, 5.41) is 11.3. The van der Waals surface area contributed by atoms with Crippen molar-refractivity contribution in [1.29, 1.82) is 0 Å². The Morgan fingerprint density at radius 3 is 2.62 bits per heavy atom. The lowest BCUT2D eigenvalue weighted by molar-refractivity contribution is -0.118. The normalized spacial score (nSPS) is 10.1. The second-order valence-electron chi connectivity index (χ2n) is 4.47. The van der Waals surface area contributed by atoms with Crippen LogP contribution in [-0.4, -0.2) is 41.0 Å². The Balaban J connectivity index is 2.55. The van der Waals surface area contributed by atoms with E-state index in [9.17, 15) is 14.4 Å². The molecule has 0 bridgehead atoms. The van der Waals surface area contributed by atoms with Crippen LogP contribution in [0.15, 0.2) is 16.5 Å². The smallest absolute Gasteiger partial charge is 0.371 e. The molecular formula is C13H19N3O5. The minimum atomic E-state index is -1.18. The molecule has 0 unspecified atom stereocenters. The number of hydrogen-bond donors (Lipinski definition) is 3. The molecule has 0 atom stereocenters. The van der Waals surface area contributed by atoms with Crippen LogP contribution in [0.3, 0.4) is 0 Å². The van der Waals surface area contributed by atoms with Crippen LogP contribution >= 0.6 is 0 Å². The van der Waals surface area contributed by atoms with Crippen LogP contribution in [0.4, 0.5) is 4.79 Å². The van der Waals surface area contributed by atoms with Crippen LogP contribution in [0, 0.1) is 0 Å². The number of carboxylic acids is 1. The number of hydrogen-bond acceptors (Lipinski definition) is 4. The molecule has 8 heteroatoms. The van der Waals surface area contributed by atoms with E-state index in [0.29, 0.717) is 12.3 Å². The molecule has 21 heavy (non-hydrogen) atoms. The summed E-state index contributed by atoms with van der Waals surface area (Å²) in [4.78, 5) is 34.9. The highest BCUT2D eigenvalue weighted by Gasteiger charge is 2.16. The van der Waals surface area contributed by atoms with Gasteiger partial charge in [-0.1, -0.05) is 13.3 Å². The molecule has 0 aromatic carbocycles. The molecule has 0 fully saturated rings. The first-order valence-electron chi connectivity index (χ1n) is 6.57. The zero-order chi connectivity index (χ0) is 15.8. The molecule has 3 amide bonds. The topological polar surface area (TPSA) is 126 Å². The van der Waals surface area contributed by atoms with Crippen molar-refractivity contribution in [2.24, 2.45) is 5.73 Å². The molecule has 0 saturated carbocycles. The second kappa shape index (κ2) is 7.93. The molecule has 1 aromatic rings. The van der Waals surface area contributed by atoms with Gasteiger partial charge in [0.25, 0.3) is 0 Å². The standard InChI is InChI=1S/C13H19N3O5/c1-2-3-6-16(8-11(14)17)13(20)15-7-9-4-5-10(21-9)12(18)19/h4-5H,2-3,6-8H2,1H3,(H2,14,17)(H,15,20)(H,18,19). The van der Waals surface area contributed by atoms with Crippen molar-refractivity contribution in [2.75, 3.05) is 13.1 Å². The molecular weight excluding hydrogens is 278 g/mol. The van der Waals surface area contributed by atoms with Crippen LogP contribution in [0.5, 0.6) is 0 Å². The fraction of sp³-hybridized carbons (Fsp3) is 0.462. The fourth-order valence-electron chi connectivity index (χ4n) is 1.65. The first kappa shape index (κ1) is 16.5. The molecule has 0 spiro atoms. The average molecular weight is 297 g/mol. The van der Waals surface area contributed by atoms with Gasteiger partial charge in [0.15, 0.2) is 0 Å². The molecule has 4 N–H and O–H groups in total. The Morgan fingerprint density at radius 2 is 2.10 bits per heavy atom. The number of rotatable bonds is 8. The zero-order valence-corrected chi connectivity index (χ0v) is 11.8. The van der Waals surface area contributed by atoms with Gasteiger partial charge >= 0.3 is 12.0 Å². The summed E-state index contributed by atoms with van der Waals surface area (Å²) in [5.74, 6) is -1.65. The summed E-state index contributed by atoms with van der Waals surface area (Å²) in [5.41, 5.74) is 5.10. The highest BCUT2D eigenvalue weighted by atomic mass is 16.4. The van der Waals surface area contributed by atoms with Crippen molar-refractivity contribution in [3.63, 3.8) is 0 Å². The van der Waals surface area contributed by atoms with E-state index >= 15 is 0 Å². The van der Waals surface area contributed by atoms with E-state index < -0.39 is 17.9 Å². The van der Waals surface area contributed by atoms with Crippen LogP contribution in [0.2, 0.25) is 0 Å². The van der Waals surface area contributed by atoms with E-state index in [4.69, 9.17) is 15.3 Å². The largest absolute Gasteiger partial charge is 0.475 e. The number of carbonyl (C=O) groups excluding carboxylic acids is 2. The van der Waals surface area contributed by atoms with Crippen LogP contribution in [-0.2, 0) is 11.3 Å². The summed E-state index contributed by atoms with van der Waals surface area (Å²) in [6.07, 6.45) is 1.63. The van der Waals surface area contributed by atoms with Gasteiger partial charge in [-0.15, -0.1) is 0 Å². The number of primary amides is 1. The molecule has 1 aromatic heterocycles. The maximum absolute atomic E-state index is 11.9. The Labute approximate surface area is 121 Å². The highest BCUT2D eigenvalue weighted by Crippen LogP contribution is 2.07. The number of amides is 3. The van der Waals surface area contributed by atoms with E-state index in [0.717, 1.165) is 12.8 Å². The number of urea groups is 1. The number of nitrogens with one attached hydrogen (secondary N) is 1. The van der Waals surface area contributed by atoms with Gasteiger partial charge in [-0.05, 0) is 18.6 Å². The Hall–Kier alpha value is -2.51.